The molecule has 1 saturated carbocycles. The zero-order valence-electron chi connectivity index (χ0n) is 11.6. The summed E-state index contributed by atoms with van der Waals surface area (Å²) in [6.07, 6.45) is 10.5. The minimum Gasteiger partial charge on any atom is -0.460 e. The fourth-order valence-electron chi connectivity index (χ4n) is 2.53. The number of hydrogen-bond donors (Lipinski definition) is 0. The second kappa shape index (κ2) is 6.71. The molecule has 1 unspecified atom stereocenters. The molecule has 0 aromatic rings. The maximum atomic E-state index is 11.2. The van der Waals surface area contributed by atoms with E-state index in [-0.39, 0.29) is 12.1 Å². The van der Waals surface area contributed by atoms with E-state index in [1.54, 1.807) is 6.92 Å². The van der Waals surface area contributed by atoms with Gasteiger partial charge in [0.1, 0.15) is 6.61 Å². The number of carbonyl (C=O) groups excluding carboxylic acids is 1. The lowest BCUT2D eigenvalue weighted by molar-refractivity contribution is -0.141. The Morgan fingerprint density at radius 2 is 2.05 bits per heavy atom. The van der Waals surface area contributed by atoms with Gasteiger partial charge in [-0.05, 0) is 50.2 Å². The first kappa shape index (κ1) is 14.1. The number of hydrogen-bond acceptors (Lipinski definition) is 3. The molecular weight excluding hydrogens is 240 g/mol. The lowest BCUT2D eigenvalue weighted by Crippen LogP contribution is -2.23. The summed E-state index contributed by atoms with van der Waals surface area (Å²) in [7, 11) is 0. The van der Waals surface area contributed by atoms with Gasteiger partial charge in [0.2, 0.25) is 0 Å². The third-order valence-electron chi connectivity index (χ3n) is 3.56. The van der Waals surface area contributed by atoms with Gasteiger partial charge in [0.15, 0.2) is 0 Å². The van der Waals surface area contributed by atoms with Gasteiger partial charge in [-0.1, -0.05) is 18.7 Å². The van der Waals surface area contributed by atoms with Gasteiger partial charge in [0.25, 0.3) is 0 Å². The van der Waals surface area contributed by atoms with Crippen LogP contribution in [0.5, 0.6) is 0 Å². The van der Waals surface area contributed by atoms with Crippen LogP contribution in [0, 0.1) is 0 Å². The van der Waals surface area contributed by atoms with Crippen LogP contribution in [0.1, 0.15) is 39.0 Å². The van der Waals surface area contributed by atoms with Crippen molar-refractivity contribution < 1.29 is 14.3 Å². The third-order valence-corrected chi connectivity index (χ3v) is 3.56. The highest BCUT2D eigenvalue weighted by Crippen LogP contribution is 2.33. The normalized spacial score (nSPS) is 22.1. The fourth-order valence-corrected chi connectivity index (χ4v) is 2.53. The lowest BCUT2D eigenvalue weighted by atomic mass is 9.84. The smallest absolute Gasteiger partial charge is 0.333 e. The average molecular weight is 262 g/mol. The van der Waals surface area contributed by atoms with Gasteiger partial charge in [0, 0.05) is 5.57 Å². The van der Waals surface area contributed by atoms with Crippen molar-refractivity contribution in [3.05, 3.63) is 35.5 Å². The van der Waals surface area contributed by atoms with Gasteiger partial charge in [-0.15, -0.1) is 0 Å². The molecule has 0 spiro atoms. The van der Waals surface area contributed by atoms with Crippen LogP contribution in [-0.2, 0) is 14.3 Å². The van der Waals surface area contributed by atoms with Crippen molar-refractivity contribution in [2.24, 2.45) is 0 Å². The van der Waals surface area contributed by atoms with Crippen molar-refractivity contribution in [1.29, 1.82) is 0 Å². The maximum Gasteiger partial charge on any atom is 0.333 e. The predicted molar refractivity (Wildman–Crippen MR) is 74.8 cm³/mol. The Kier molecular flexibility index (Phi) is 4.97. The summed E-state index contributed by atoms with van der Waals surface area (Å²) in [4.78, 5) is 11.2. The number of ether oxygens (including phenoxy) is 2. The Morgan fingerprint density at radius 3 is 2.79 bits per heavy atom. The molecule has 2 rings (SSSR count). The van der Waals surface area contributed by atoms with Crippen LogP contribution in [0.3, 0.4) is 0 Å². The Hall–Kier alpha value is -1.35. The number of esters is 1. The maximum absolute atomic E-state index is 11.2. The van der Waals surface area contributed by atoms with Crippen LogP contribution in [0.2, 0.25) is 0 Å². The van der Waals surface area contributed by atoms with E-state index in [1.165, 1.54) is 17.6 Å². The molecule has 0 aromatic carbocycles. The second-order valence-electron chi connectivity index (χ2n) is 5.19. The molecule has 3 heteroatoms. The summed E-state index contributed by atoms with van der Waals surface area (Å²) >= 11 is 0. The van der Waals surface area contributed by atoms with Crippen LogP contribution in [0.4, 0.5) is 0 Å². The van der Waals surface area contributed by atoms with Gasteiger partial charge < -0.3 is 9.47 Å². The first-order valence-electron chi connectivity index (χ1n) is 6.99. The molecule has 0 bridgehead atoms. The fraction of sp³-hybridized carbons (Fsp3) is 0.562. The van der Waals surface area contributed by atoms with E-state index in [9.17, 15) is 4.79 Å². The second-order valence-corrected chi connectivity index (χ2v) is 5.19. The summed E-state index contributed by atoms with van der Waals surface area (Å²) in [6, 6.07) is 0. The van der Waals surface area contributed by atoms with E-state index < -0.39 is 0 Å². The van der Waals surface area contributed by atoms with Gasteiger partial charge in [-0.3, -0.25) is 0 Å². The molecule has 3 nitrogen and oxygen atoms in total. The standard InChI is InChI=1S/C16H22O3/c1-12(2)16(17)19-10-9-18-15-8-7-13-5-3-4-6-14(13)11-15/h5-6,15H,1,3-4,7-11H2,2H3. The molecule has 19 heavy (non-hydrogen) atoms. The lowest BCUT2D eigenvalue weighted by Gasteiger charge is -2.28. The molecule has 0 aliphatic heterocycles. The molecule has 0 radical (unpaired) electrons. The summed E-state index contributed by atoms with van der Waals surface area (Å²) in [5.41, 5.74) is 3.40. The van der Waals surface area contributed by atoms with E-state index in [0.717, 1.165) is 25.7 Å². The zero-order valence-corrected chi connectivity index (χ0v) is 11.6. The Bertz CT molecular complexity index is 418. The molecule has 0 N–H and O–H groups in total. The van der Waals surface area contributed by atoms with Crippen LogP contribution in [0.25, 0.3) is 0 Å². The first-order valence-corrected chi connectivity index (χ1v) is 6.99. The quantitative estimate of drug-likeness (QED) is 0.433. The van der Waals surface area contributed by atoms with E-state index in [1.807, 2.05) is 0 Å². The molecular formula is C16H22O3. The van der Waals surface area contributed by atoms with Crippen molar-refractivity contribution in [2.75, 3.05) is 13.2 Å². The molecule has 1 fully saturated rings. The van der Waals surface area contributed by atoms with Gasteiger partial charge >= 0.3 is 5.97 Å². The molecule has 0 amide bonds. The summed E-state index contributed by atoms with van der Waals surface area (Å²) < 4.78 is 10.8. The Balaban J connectivity index is 1.67. The minimum atomic E-state index is -0.340. The highest BCUT2D eigenvalue weighted by atomic mass is 16.6. The van der Waals surface area contributed by atoms with Crippen molar-refractivity contribution in [3.63, 3.8) is 0 Å². The Labute approximate surface area is 115 Å². The highest BCUT2D eigenvalue weighted by Gasteiger charge is 2.22. The monoisotopic (exact) mass is 262 g/mol. The zero-order chi connectivity index (χ0) is 13.7. The van der Waals surface area contributed by atoms with Gasteiger partial charge in [-0.25, -0.2) is 4.79 Å². The molecule has 1 atom stereocenters. The molecule has 104 valence electrons. The summed E-state index contributed by atoms with van der Waals surface area (Å²) in [5.74, 6) is -0.340. The number of carbonyl (C=O) groups is 1. The Morgan fingerprint density at radius 1 is 1.32 bits per heavy atom. The van der Waals surface area contributed by atoms with E-state index >= 15 is 0 Å². The van der Waals surface area contributed by atoms with Crippen molar-refractivity contribution >= 4 is 5.97 Å². The predicted octanol–water partition coefficient (Wildman–Crippen LogP) is 3.32. The van der Waals surface area contributed by atoms with Crippen molar-refractivity contribution in [2.45, 2.75) is 45.1 Å². The SMILES string of the molecule is C=C(C)C(=O)OCCOC1CCC2=CCCC=C2C1. The summed E-state index contributed by atoms with van der Waals surface area (Å²) in [5, 5.41) is 0. The van der Waals surface area contributed by atoms with E-state index in [0.29, 0.717) is 18.8 Å². The third kappa shape index (κ3) is 4.06. The molecule has 0 heterocycles. The molecule has 0 aromatic heterocycles. The van der Waals surface area contributed by atoms with Crippen molar-refractivity contribution in [1.82, 2.24) is 0 Å². The summed E-state index contributed by atoms with van der Waals surface area (Å²) in [6.45, 7) is 5.96. The molecule has 0 saturated heterocycles. The molecule has 2 aliphatic carbocycles. The highest BCUT2D eigenvalue weighted by molar-refractivity contribution is 5.86. The van der Waals surface area contributed by atoms with E-state index in [2.05, 4.69) is 18.7 Å². The molecule has 2 aliphatic rings. The van der Waals surface area contributed by atoms with Crippen LogP contribution in [-0.4, -0.2) is 25.3 Å². The largest absolute Gasteiger partial charge is 0.460 e. The van der Waals surface area contributed by atoms with Gasteiger partial charge in [-0.2, -0.15) is 0 Å². The van der Waals surface area contributed by atoms with E-state index in [4.69, 9.17) is 9.47 Å². The number of fused-ring (bicyclic) bond motifs is 1. The van der Waals surface area contributed by atoms with Crippen LogP contribution < -0.4 is 0 Å². The van der Waals surface area contributed by atoms with Crippen LogP contribution in [0.15, 0.2) is 35.5 Å². The topological polar surface area (TPSA) is 35.5 Å². The van der Waals surface area contributed by atoms with Crippen LogP contribution >= 0.6 is 0 Å². The minimum absolute atomic E-state index is 0.269. The van der Waals surface area contributed by atoms with Gasteiger partial charge in [0.05, 0.1) is 12.7 Å². The number of rotatable bonds is 5. The first-order chi connectivity index (χ1) is 9.16. The number of allylic oxidation sites excluding steroid dienone is 3. The van der Waals surface area contributed by atoms with Crippen molar-refractivity contribution in [3.8, 4) is 0 Å². The average Bonchev–Trinajstić information content (AvgIpc) is 2.43.